The predicted molar refractivity (Wildman–Crippen MR) is 135 cm³/mol. The molecule has 0 saturated carbocycles. The minimum absolute atomic E-state index is 0. The number of aromatic nitrogens is 1. The van der Waals surface area contributed by atoms with Crippen molar-refractivity contribution in [2.24, 2.45) is 4.99 Å². The summed E-state index contributed by atoms with van der Waals surface area (Å²) in [6, 6.07) is 4.33. The van der Waals surface area contributed by atoms with Gasteiger partial charge in [-0.2, -0.15) is 0 Å². The molecule has 0 aromatic carbocycles. The van der Waals surface area contributed by atoms with E-state index < -0.39 is 0 Å². The summed E-state index contributed by atoms with van der Waals surface area (Å²) in [4.78, 5) is 14.4. The Bertz CT molecular complexity index is 673. The molecule has 3 fully saturated rings. The van der Waals surface area contributed by atoms with Crippen molar-refractivity contribution in [1.82, 2.24) is 15.2 Å². The summed E-state index contributed by atoms with van der Waals surface area (Å²) >= 11 is 0. The molecule has 3 saturated heterocycles. The molecule has 7 nitrogen and oxygen atoms in total. The molecule has 0 radical (unpaired) electrons. The molecular weight excluding hydrogens is 505 g/mol. The van der Waals surface area contributed by atoms with E-state index in [-0.39, 0.29) is 36.2 Å². The highest BCUT2D eigenvalue weighted by Crippen LogP contribution is 2.21. The number of rotatable bonds is 5. The lowest BCUT2D eigenvalue weighted by atomic mass is 10.1. The van der Waals surface area contributed by atoms with Crippen LogP contribution in [0.1, 0.15) is 51.0 Å². The Morgan fingerprint density at radius 2 is 1.87 bits per heavy atom. The van der Waals surface area contributed by atoms with Crippen LogP contribution in [0.25, 0.3) is 0 Å². The molecule has 8 heteroatoms. The number of morpholine rings is 1. The van der Waals surface area contributed by atoms with Crippen molar-refractivity contribution in [1.29, 1.82) is 0 Å². The topological polar surface area (TPSA) is 62.2 Å². The maximum absolute atomic E-state index is 6.00. The van der Waals surface area contributed by atoms with Gasteiger partial charge in [-0.05, 0) is 44.2 Å². The highest BCUT2D eigenvalue weighted by atomic mass is 127. The summed E-state index contributed by atoms with van der Waals surface area (Å²) < 4.78 is 11.9. The first-order valence-corrected chi connectivity index (χ1v) is 11.8. The van der Waals surface area contributed by atoms with Crippen LogP contribution in [0.5, 0.6) is 0 Å². The van der Waals surface area contributed by atoms with Gasteiger partial charge in [-0.25, -0.2) is 9.98 Å². The number of halogens is 1. The van der Waals surface area contributed by atoms with Crippen LogP contribution in [0.3, 0.4) is 0 Å². The van der Waals surface area contributed by atoms with Gasteiger partial charge in [0.25, 0.3) is 0 Å². The molecule has 31 heavy (non-hydrogen) atoms. The summed E-state index contributed by atoms with van der Waals surface area (Å²) in [6.07, 6.45) is 9.81. The number of aliphatic imine (C=N–C) groups is 1. The molecule has 2 unspecified atom stereocenters. The molecule has 3 aliphatic rings. The van der Waals surface area contributed by atoms with Crippen LogP contribution < -0.4 is 10.2 Å². The molecule has 1 aromatic heterocycles. The Labute approximate surface area is 204 Å². The fraction of sp³-hybridized carbons (Fsp3) is 0.739. The van der Waals surface area contributed by atoms with Gasteiger partial charge < -0.3 is 24.6 Å². The summed E-state index contributed by atoms with van der Waals surface area (Å²) in [5.74, 6) is 2.06. The van der Waals surface area contributed by atoms with Crippen molar-refractivity contribution in [3.8, 4) is 0 Å². The number of hydrogen-bond acceptors (Lipinski definition) is 5. The Morgan fingerprint density at radius 1 is 1.06 bits per heavy atom. The van der Waals surface area contributed by atoms with Gasteiger partial charge in [0, 0.05) is 45.5 Å². The monoisotopic (exact) mass is 543 g/mol. The maximum Gasteiger partial charge on any atom is 0.194 e. The van der Waals surface area contributed by atoms with Gasteiger partial charge in [0.15, 0.2) is 5.96 Å². The Balaban J connectivity index is 0.00000272. The third-order valence-corrected chi connectivity index (χ3v) is 6.26. The van der Waals surface area contributed by atoms with Crippen LogP contribution in [0, 0.1) is 0 Å². The van der Waals surface area contributed by atoms with Crippen LogP contribution in [-0.4, -0.2) is 74.0 Å². The Kier molecular flexibility index (Phi) is 10.1. The molecule has 0 spiro atoms. The largest absolute Gasteiger partial charge is 0.375 e. The fourth-order valence-corrected chi connectivity index (χ4v) is 4.58. The first-order chi connectivity index (χ1) is 14.8. The third-order valence-electron chi connectivity index (χ3n) is 6.26. The van der Waals surface area contributed by atoms with E-state index in [1.54, 1.807) is 0 Å². The third kappa shape index (κ3) is 6.92. The molecular formula is C23H38IN5O2. The molecule has 174 valence electrons. The first-order valence-electron chi connectivity index (χ1n) is 11.8. The quantitative estimate of drug-likeness (QED) is 0.349. The van der Waals surface area contributed by atoms with Crippen molar-refractivity contribution in [2.45, 2.75) is 64.2 Å². The zero-order valence-electron chi connectivity index (χ0n) is 18.8. The van der Waals surface area contributed by atoms with Gasteiger partial charge in [-0.3, -0.25) is 0 Å². The second kappa shape index (κ2) is 12.8. The Hall–Kier alpha value is -1.13. The van der Waals surface area contributed by atoms with Crippen molar-refractivity contribution >= 4 is 35.8 Å². The van der Waals surface area contributed by atoms with E-state index in [1.807, 2.05) is 6.20 Å². The molecule has 4 heterocycles. The number of nitrogens with one attached hydrogen (secondary N) is 1. The molecule has 0 amide bonds. The summed E-state index contributed by atoms with van der Waals surface area (Å²) in [6.45, 7) is 9.13. The minimum Gasteiger partial charge on any atom is -0.375 e. The van der Waals surface area contributed by atoms with E-state index in [4.69, 9.17) is 19.5 Å². The van der Waals surface area contributed by atoms with Crippen molar-refractivity contribution in [2.75, 3.05) is 50.8 Å². The number of ether oxygens (including phenoxy) is 2. The lowest BCUT2D eigenvalue weighted by molar-refractivity contribution is -0.0817. The van der Waals surface area contributed by atoms with E-state index >= 15 is 0 Å². The van der Waals surface area contributed by atoms with Gasteiger partial charge >= 0.3 is 0 Å². The van der Waals surface area contributed by atoms with E-state index in [9.17, 15) is 0 Å². The molecule has 4 rings (SSSR count). The lowest BCUT2D eigenvalue weighted by Gasteiger charge is -2.37. The van der Waals surface area contributed by atoms with Crippen LogP contribution in [-0.2, 0) is 16.0 Å². The van der Waals surface area contributed by atoms with Gasteiger partial charge in [0.2, 0.25) is 0 Å². The number of anilines is 1. The average Bonchev–Trinajstić information content (AvgIpc) is 3.20. The SMILES string of the molecule is CCNC(=NCc1ccc(N2CCCCCC2)nc1)N1CCOC(C2CCCO2)C1.I. The van der Waals surface area contributed by atoms with Gasteiger partial charge in [-0.1, -0.05) is 18.9 Å². The van der Waals surface area contributed by atoms with Crippen molar-refractivity contribution < 1.29 is 9.47 Å². The zero-order valence-corrected chi connectivity index (χ0v) is 21.1. The summed E-state index contributed by atoms with van der Waals surface area (Å²) in [5.41, 5.74) is 1.15. The molecule has 2 atom stereocenters. The second-order valence-electron chi connectivity index (χ2n) is 8.50. The highest BCUT2D eigenvalue weighted by molar-refractivity contribution is 14.0. The van der Waals surface area contributed by atoms with Gasteiger partial charge in [-0.15, -0.1) is 24.0 Å². The standard InChI is InChI=1S/C23H37N5O2.HI/c1-2-24-23(28-13-15-30-21(18-28)20-8-7-14-29-20)26-17-19-9-10-22(25-16-19)27-11-5-3-4-6-12-27;/h9-10,16,20-21H,2-8,11-15,17-18H2,1H3,(H,24,26);1H. The summed E-state index contributed by atoms with van der Waals surface area (Å²) in [7, 11) is 0. The lowest BCUT2D eigenvalue weighted by Crippen LogP contribution is -2.53. The van der Waals surface area contributed by atoms with Crippen LogP contribution in [0.15, 0.2) is 23.3 Å². The van der Waals surface area contributed by atoms with Crippen LogP contribution >= 0.6 is 24.0 Å². The van der Waals surface area contributed by atoms with E-state index in [2.05, 4.69) is 34.2 Å². The number of nitrogens with zero attached hydrogens (tertiary/aromatic N) is 4. The van der Waals surface area contributed by atoms with Crippen LogP contribution in [0.2, 0.25) is 0 Å². The number of hydrogen-bond donors (Lipinski definition) is 1. The number of guanidine groups is 1. The average molecular weight is 543 g/mol. The first kappa shape index (κ1) is 24.5. The molecule has 1 aromatic rings. The molecule has 0 bridgehead atoms. The van der Waals surface area contributed by atoms with Crippen LogP contribution in [0.4, 0.5) is 5.82 Å². The normalized spacial score (nSPS) is 25.1. The Morgan fingerprint density at radius 3 is 2.55 bits per heavy atom. The number of pyridine rings is 1. The molecule has 1 N–H and O–H groups in total. The second-order valence-corrected chi connectivity index (χ2v) is 8.50. The van der Waals surface area contributed by atoms with Crippen molar-refractivity contribution in [3.05, 3.63) is 23.9 Å². The van der Waals surface area contributed by atoms with Crippen molar-refractivity contribution in [3.63, 3.8) is 0 Å². The van der Waals surface area contributed by atoms with Gasteiger partial charge in [0.05, 0.1) is 19.3 Å². The van der Waals surface area contributed by atoms with E-state index in [0.717, 1.165) is 76.1 Å². The fourth-order valence-electron chi connectivity index (χ4n) is 4.58. The minimum atomic E-state index is 0. The van der Waals surface area contributed by atoms with E-state index in [1.165, 1.54) is 25.7 Å². The maximum atomic E-state index is 6.00. The predicted octanol–water partition coefficient (Wildman–Crippen LogP) is 3.43. The highest BCUT2D eigenvalue weighted by Gasteiger charge is 2.32. The van der Waals surface area contributed by atoms with E-state index in [0.29, 0.717) is 6.54 Å². The molecule has 3 aliphatic heterocycles. The smallest absolute Gasteiger partial charge is 0.194 e. The van der Waals surface area contributed by atoms with Gasteiger partial charge in [0.1, 0.15) is 11.9 Å². The summed E-state index contributed by atoms with van der Waals surface area (Å²) in [5, 5.41) is 3.45. The zero-order chi connectivity index (χ0) is 20.6. The molecule has 0 aliphatic carbocycles.